The minimum absolute atomic E-state index is 0.0213. The van der Waals surface area contributed by atoms with Crippen molar-refractivity contribution in [1.82, 2.24) is 19.9 Å². The highest BCUT2D eigenvalue weighted by Crippen LogP contribution is 2.26. The maximum atomic E-state index is 8.98. The van der Waals surface area contributed by atoms with Gasteiger partial charge in [0.1, 0.15) is 11.0 Å². The predicted octanol–water partition coefficient (Wildman–Crippen LogP) is 2.13. The minimum atomic E-state index is -0.0213. The Morgan fingerprint density at radius 3 is 2.44 bits per heavy atom. The number of anilines is 3. The highest BCUT2D eigenvalue weighted by Gasteiger charge is 2.14. The van der Waals surface area contributed by atoms with E-state index in [0.717, 1.165) is 5.56 Å². The summed E-state index contributed by atoms with van der Waals surface area (Å²) in [5.41, 5.74) is 2.17. The van der Waals surface area contributed by atoms with E-state index in [1.54, 1.807) is 7.05 Å². The van der Waals surface area contributed by atoms with E-state index in [1.165, 1.54) is 0 Å². The number of hydrogen-bond donors (Lipinski definition) is 4. The number of nitrogens with one attached hydrogen (secondary N) is 3. The van der Waals surface area contributed by atoms with Gasteiger partial charge in [-0.15, -0.1) is 0 Å². The van der Waals surface area contributed by atoms with Gasteiger partial charge < -0.3 is 21.1 Å². The minimum Gasteiger partial charge on any atom is -0.395 e. The monoisotopic (exact) mass is 359 g/mol. The number of aromatic nitrogens is 4. The van der Waals surface area contributed by atoms with E-state index in [9.17, 15) is 0 Å². The van der Waals surface area contributed by atoms with Gasteiger partial charge in [0, 0.05) is 20.1 Å². The molecule has 8 nitrogen and oxygen atoms in total. The summed E-state index contributed by atoms with van der Waals surface area (Å²) in [6, 6.07) is 9.94. The van der Waals surface area contributed by atoms with E-state index in [1.807, 2.05) is 30.3 Å². The molecule has 0 fully saturated rings. The third-order valence-corrected chi connectivity index (χ3v) is 3.62. The molecule has 0 saturated carbocycles. The van der Waals surface area contributed by atoms with Gasteiger partial charge in [0.25, 0.3) is 0 Å². The van der Waals surface area contributed by atoms with Gasteiger partial charge in [-0.3, -0.25) is 0 Å². The van der Waals surface area contributed by atoms with Crippen molar-refractivity contribution in [3.05, 3.63) is 41.2 Å². The van der Waals surface area contributed by atoms with Gasteiger partial charge in [-0.1, -0.05) is 30.3 Å². The first kappa shape index (κ1) is 17.1. The molecule has 0 aliphatic carbocycles. The van der Waals surface area contributed by atoms with Crippen molar-refractivity contribution < 1.29 is 5.11 Å². The third kappa shape index (κ3) is 4.04. The summed E-state index contributed by atoms with van der Waals surface area (Å²) in [6.45, 7) is 0.893. The Kier molecular flexibility index (Phi) is 5.42. The molecule has 0 radical (unpaired) electrons. The molecule has 3 aromatic rings. The number of halogens is 1. The lowest BCUT2D eigenvalue weighted by Crippen LogP contribution is -2.12. The van der Waals surface area contributed by atoms with Crippen molar-refractivity contribution in [2.24, 2.45) is 0 Å². The Morgan fingerprint density at radius 2 is 1.72 bits per heavy atom. The Labute approximate surface area is 149 Å². The molecule has 25 heavy (non-hydrogen) atoms. The fourth-order valence-electron chi connectivity index (χ4n) is 2.31. The molecule has 3 rings (SSSR count). The summed E-state index contributed by atoms with van der Waals surface area (Å²) >= 11 is 6.06. The fraction of sp³-hybridized carbons (Fsp3) is 0.250. The Bertz CT molecular complexity index is 860. The average Bonchev–Trinajstić information content (AvgIpc) is 2.64. The van der Waals surface area contributed by atoms with Gasteiger partial charge >= 0.3 is 0 Å². The summed E-state index contributed by atoms with van der Waals surface area (Å²) < 4.78 is 0. The lowest BCUT2D eigenvalue weighted by atomic mass is 10.2. The van der Waals surface area contributed by atoms with Crippen molar-refractivity contribution >= 4 is 40.2 Å². The molecule has 0 saturated heterocycles. The highest BCUT2D eigenvalue weighted by molar-refractivity contribution is 6.29. The van der Waals surface area contributed by atoms with E-state index >= 15 is 0 Å². The number of hydrogen-bond acceptors (Lipinski definition) is 8. The summed E-state index contributed by atoms with van der Waals surface area (Å²) in [6.07, 6.45) is 0. The first-order chi connectivity index (χ1) is 12.2. The number of nitrogens with zero attached hydrogens (tertiary/aromatic N) is 4. The molecule has 9 heteroatoms. The second-order valence-corrected chi connectivity index (χ2v) is 5.51. The van der Waals surface area contributed by atoms with Crippen LogP contribution in [0.1, 0.15) is 5.56 Å². The standard InChI is InChI=1S/C16H18ClN7O/c1-18-13-11-12(22-16(24-13)19-7-8-25)14(23-15(17)21-11)20-9-10-5-3-2-4-6-10/h2-6,25H,7-9H2,1H3,(H,20,21,23)(H2,18,19,22,24). The summed E-state index contributed by atoms with van der Waals surface area (Å²) in [5.74, 6) is 1.42. The zero-order chi connectivity index (χ0) is 17.6. The molecular weight excluding hydrogens is 342 g/mol. The van der Waals surface area contributed by atoms with Crippen molar-refractivity contribution in [2.75, 3.05) is 36.1 Å². The second kappa shape index (κ2) is 7.91. The van der Waals surface area contributed by atoms with Gasteiger partial charge in [-0.25, -0.2) is 9.97 Å². The van der Waals surface area contributed by atoms with Crippen LogP contribution in [0.2, 0.25) is 5.28 Å². The van der Waals surface area contributed by atoms with Crippen LogP contribution in [0.25, 0.3) is 11.0 Å². The normalized spacial score (nSPS) is 10.7. The van der Waals surface area contributed by atoms with Crippen LogP contribution in [0.5, 0.6) is 0 Å². The van der Waals surface area contributed by atoms with Gasteiger partial charge in [-0.05, 0) is 17.2 Å². The maximum Gasteiger partial charge on any atom is 0.225 e. The smallest absolute Gasteiger partial charge is 0.225 e. The molecular formula is C16H18ClN7O. The predicted molar refractivity (Wildman–Crippen MR) is 99.0 cm³/mol. The van der Waals surface area contributed by atoms with Crippen LogP contribution in [0, 0.1) is 0 Å². The number of fused-ring (bicyclic) bond motifs is 1. The second-order valence-electron chi connectivity index (χ2n) is 5.17. The molecule has 130 valence electrons. The molecule has 0 spiro atoms. The highest BCUT2D eigenvalue weighted by atomic mass is 35.5. The Hall–Kier alpha value is -2.71. The quantitative estimate of drug-likeness (QED) is 0.475. The third-order valence-electron chi connectivity index (χ3n) is 3.45. The molecule has 1 aromatic carbocycles. The number of rotatable bonds is 7. The lowest BCUT2D eigenvalue weighted by molar-refractivity contribution is 0.311. The largest absolute Gasteiger partial charge is 0.395 e. The van der Waals surface area contributed by atoms with E-state index < -0.39 is 0 Å². The summed E-state index contributed by atoms with van der Waals surface area (Å²) in [5, 5.41) is 18.3. The van der Waals surface area contributed by atoms with Crippen LogP contribution in [-0.2, 0) is 6.54 Å². The number of benzene rings is 1. The molecule has 0 aliphatic heterocycles. The number of aliphatic hydroxyl groups excluding tert-OH is 1. The summed E-state index contributed by atoms with van der Waals surface area (Å²) in [7, 11) is 1.74. The van der Waals surface area contributed by atoms with Crippen LogP contribution < -0.4 is 16.0 Å². The zero-order valence-electron chi connectivity index (χ0n) is 13.6. The van der Waals surface area contributed by atoms with E-state index in [4.69, 9.17) is 16.7 Å². The Balaban J connectivity index is 2.00. The molecule has 0 amide bonds. The summed E-state index contributed by atoms with van der Waals surface area (Å²) in [4.78, 5) is 17.3. The molecule has 2 heterocycles. The van der Waals surface area contributed by atoms with Crippen LogP contribution in [-0.4, -0.2) is 45.2 Å². The molecule has 0 atom stereocenters. The lowest BCUT2D eigenvalue weighted by Gasteiger charge is -2.12. The van der Waals surface area contributed by atoms with Crippen LogP contribution in [0.15, 0.2) is 30.3 Å². The van der Waals surface area contributed by atoms with Crippen LogP contribution >= 0.6 is 11.6 Å². The van der Waals surface area contributed by atoms with Gasteiger partial charge in [0.2, 0.25) is 11.2 Å². The molecule has 4 N–H and O–H groups in total. The van der Waals surface area contributed by atoms with Crippen molar-refractivity contribution in [3.63, 3.8) is 0 Å². The first-order valence-corrected chi connectivity index (χ1v) is 8.14. The van der Waals surface area contributed by atoms with Crippen molar-refractivity contribution in [1.29, 1.82) is 0 Å². The molecule has 2 aromatic heterocycles. The SMILES string of the molecule is CNc1nc(NCCO)nc2c(NCc3ccccc3)nc(Cl)nc12. The van der Waals surface area contributed by atoms with Crippen LogP contribution in [0.3, 0.4) is 0 Å². The molecule has 0 aliphatic rings. The average molecular weight is 360 g/mol. The van der Waals surface area contributed by atoms with Crippen molar-refractivity contribution in [2.45, 2.75) is 6.54 Å². The van der Waals surface area contributed by atoms with Gasteiger partial charge in [-0.2, -0.15) is 9.97 Å². The first-order valence-electron chi connectivity index (χ1n) is 7.77. The number of aliphatic hydroxyl groups is 1. The zero-order valence-corrected chi connectivity index (χ0v) is 14.4. The van der Waals surface area contributed by atoms with Gasteiger partial charge in [0.15, 0.2) is 11.6 Å². The van der Waals surface area contributed by atoms with Crippen molar-refractivity contribution in [3.8, 4) is 0 Å². The van der Waals surface area contributed by atoms with E-state index in [-0.39, 0.29) is 11.9 Å². The Morgan fingerprint density at radius 1 is 0.960 bits per heavy atom. The molecule has 0 unspecified atom stereocenters. The van der Waals surface area contributed by atoms with E-state index in [2.05, 4.69) is 35.9 Å². The maximum absolute atomic E-state index is 8.98. The molecule has 0 bridgehead atoms. The van der Waals surface area contributed by atoms with E-state index in [0.29, 0.717) is 41.7 Å². The van der Waals surface area contributed by atoms with Gasteiger partial charge in [0.05, 0.1) is 6.61 Å². The fourth-order valence-corrected chi connectivity index (χ4v) is 2.48. The van der Waals surface area contributed by atoms with Crippen LogP contribution in [0.4, 0.5) is 17.6 Å². The topological polar surface area (TPSA) is 108 Å².